The van der Waals surface area contributed by atoms with Crippen LogP contribution in [0.1, 0.15) is 104 Å². The zero-order chi connectivity index (χ0) is 32.2. The summed E-state index contributed by atoms with van der Waals surface area (Å²) in [6.45, 7) is 15.6. The Bertz CT molecular complexity index is 1230. The Labute approximate surface area is 259 Å². The summed E-state index contributed by atoms with van der Waals surface area (Å²) in [5.41, 5.74) is 1.23. The average Bonchev–Trinajstić information content (AvgIpc) is 2.93. The van der Waals surface area contributed by atoms with E-state index in [2.05, 4.69) is 37.3 Å². The highest BCUT2D eigenvalue weighted by molar-refractivity contribution is 5.93. The van der Waals surface area contributed by atoms with E-state index in [-0.39, 0.29) is 30.3 Å². The quantitative estimate of drug-likeness (QED) is 0.237. The molecule has 0 saturated carbocycles. The maximum atomic E-state index is 14.8. The van der Waals surface area contributed by atoms with Gasteiger partial charge in [-0.05, 0) is 77.0 Å². The van der Waals surface area contributed by atoms with Crippen molar-refractivity contribution in [3.05, 3.63) is 71.3 Å². The van der Waals surface area contributed by atoms with Crippen LogP contribution in [0.15, 0.2) is 54.6 Å². The van der Waals surface area contributed by atoms with Crippen LogP contribution in [0.4, 0.5) is 4.79 Å². The van der Waals surface area contributed by atoms with Crippen LogP contribution in [0.5, 0.6) is 0 Å². The summed E-state index contributed by atoms with van der Waals surface area (Å²) in [4.78, 5) is 43.7. The lowest BCUT2D eigenvalue weighted by Crippen LogP contribution is -2.56. The number of rotatable bonds is 14. The normalized spacial score (nSPS) is 14.1. The highest BCUT2D eigenvalue weighted by atomic mass is 16.6. The Balaban J connectivity index is 2.70. The van der Waals surface area contributed by atoms with E-state index in [1.807, 2.05) is 62.4 Å². The maximum Gasteiger partial charge on any atom is 0.408 e. The number of hydrogen-bond acceptors (Lipinski definition) is 4. The molecular weight excluding hydrogens is 538 g/mol. The van der Waals surface area contributed by atoms with Gasteiger partial charge in [0.2, 0.25) is 11.8 Å². The van der Waals surface area contributed by atoms with Crippen molar-refractivity contribution in [2.24, 2.45) is 5.92 Å². The number of terminal acetylenes is 1. The van der Waals surface area contributed by atoms with Crippen LogP contribution in [0.3, 0.4) is 0 Å². The van der Waals surface area contributed by atoms with E-state index in [1.54, 1.807) is 31.7 Å². The third kappa shape index (κ3) is 11.4. The maximum absolute atomic E-state index is 14.8. The molecule has 0 saturated heterocycles. The summed E-state index contributed by atoms with van der Waals surface area (Å²) in [6, 6.07) is 14.3. The van der Waals surface area contributed by atoms with E-state index in [0.29, 0.717) is 23.5 Å². The minimum absolute atomic E-state index is 0.0964. The lowest BCUT2D eigenvalue weighted by Gasteiger charge is -2.39. The van der Waals surface area contributed by atoms with Crippen molar-refractivity contribution in [2.45, 2.75) is 117 Å². The fourth-order valence-corrected chi connectivity index (χ4v) is 5.10. The molecule has 4 atom stereocenters. The summed E-state index contributed by atoms with van der Waals surface area (Å²) >= 11 is 0. The van der Waals surface area contributed by atoms with Crippen molar-refractivity contribution in [1.82, 2.24) is 15.5 Å². The van der Waals surface area contributed by atoms with Crippen molar-refractivity contribution < 1.29 is 19.1 Å². The summed E-state index contributed by atoms with van der Waals surface area (Å²) in [5.74, 6) is 2.43. The smallest absolute Gasteiger partial charge is 0.408 e. The second kappa shape index (κ2) is 16.7. The van der Waals surface area contributed by atoms with E-state index in [9.17, 15) is 14.4 Å². The lowest BCUT2D eigenvalue weighted by molar-refractivity contribution is -0.145. The Kier molecular flexibility index (Phi) is 13.8. The van der Waals surface area contributed by atoms with Crippen LogP contribution in [0, 0.1) is 18.3 Å². The van der Waals surface area contributed by atoms with Gasteiger partial charge in [-0.2, -0.15) is 0 Å². The molecule has 234 valence electrons. The monoisotopic (exact) mass is 589 g/mol. The standard InChI is InChI=1S/C36H51N3O4/c1-10-17-26(5)37-33(40)32(30-21-16-15-20-29(30)11-2)39(27(6)23-22-25(3)4)34(41)31(24-28-18-13-12-14-19-28)38-35(42)43-36(7,8)9/h2,12-16,18-21,25-27,31-32H,10,17,22-24H2,1,3-9H3,(H,37,40)(H,38,42). The summed E-state index contributed by atoms with van der Waals surface area (Å²) in [7, 11) is 0. The molecule has 4 unspecified atom stereocenters. The van der Waals surface area contributed by atoms with Gasteiger partial charge in [0.1, 0.15) is 17.7 Å². The molecule has 2 aromatic rings. The molecule has 0 aliphatic heterocycles. The SMILES string of the molecule is C#Cc1ccccc1C(C(=O)NC(C)CCC)N(C(=O)C(Cc1ccccc1)NC(=O)OC(C)(C)C)C(C)CCC(C)C. The van der Waals surface area contributed by atoms with Crippen molar-refractivity contribution in [2.75, 3.05) is 0 Å². The highest BCUT2D eigenvalue weighted by Gasteiger charge is 2.40. The largest absolute Gasteiger partial charge is 0.444 e. The van der Waals surface area contributed by atoms with Gasteiger partial charge in [0.05, 0.1) is 0 Å². The van der Waals surface area contributed by atoms with Crippen LogP contribution in [0.25, 0.3) is 0 Å². The van der Waals surface area contributed by atoms with E-state index in [4.69, 9.17) is 11.2 Å². The molecule has 0 heterocycles. The molecule has 0 aliphatic rings. The first-order valence-electron chi connectivity index (χ1n) is 15.5. The number of carbonyl (C=O) groups excluding carboxylic acids is 3. The fourth-order valence-electron chi connectivity index (χ4n) is 5.10. The second-order valence-electron chi connectivity index (χ2n) is 12.8. The van der Waals surface area contributed by atoms with E-state index < -0.39 is 23.8 Å². The molecule has 2 aromatic carbocycles. The first-order chi connectivity index (χ1) is 20.3. The molecule has 7 nitrogen and oxygen atoms in total. The van der Waals surface area contributed by atoms with Crippen molar-refractivity contribution in [1.29, 1.82) is 0 Å². The number of carbonyl (C=O) groups is 3. The van der Waals surface area contributed by atoms with Gasteiger partial charge in [0, 0.05) is 24.1 Å². The van der Waals surface area contributed by atoms with E-state index >= 15 is 0 Å². The van der Waals surface area contributed by atoms with Crippen LogP contribution in [0.2, 0.25) is 0 Å². The number of nitrogens with zero attached hydrogens (tertiary/aromatic N) is 1. The van der Waals surface area contributed by atoms with E-state index in [1.165, 1.54) is 0 Å². The number of benzene rings is 2. The van der Waals surface area contributed by atoms with Crippen LogP contribution >= 0.6 is 0 Å². The van der Waals surface area contributed by atoms with Crippen molar-refractivity contribution >= 4 is 17.9 Å². The zero-order valence-corrected chi connectivity index (χ0v) is 27.3. The molecule has 0 bridgehead atoms. The Morgan fingerprint density at radius 2 is 1.53 bits per heavy atom. The van der Waals surface area contributed by atoms with Gasteiger partial charge in [0.25, 0.3) is 0 Å². The third-order valence-corrected chi connectivity index (χ3v) is 7.21. The fraction of sp³-hybridized carbons (Fsp3) is 0.528. The molecule has 3 amide bonds. The van der Waals surface area contributed by atoms with Gasteiger partial charge >= 0.3 is 6.09 Å². The molecule has 2 N–H and O–H groups in total. The second-order valence-corrected chi connectivity index (χ2v) is 12.8. The van der Waals surface area contributed by atoms with Crippen LogP contribution < -0.4 is 10.6 Å². The lowest BCUT2D eigenvalue weighted by atomic mass is 9.93. The van der Waals surface area contributed by atoms with Crippen LogP contribution in [-0.2, 0) is 20.7 Å². The van der Waals surface area contributed by atoms with Gasteiger partial charge < -0.3 is 20.3 Å². The summed E-state index contributed by atoms with van der Waals surface area (Å²) in [6.07, 6.45) is 8.66. The topological polar surface area (TPSA) is 87.7 Å². The molecule has 2 rings (SSSR count). The van der Waals surface area contributed by atoms with Gasteiger partial charge in [-0.25, -0.2) is 4.79 Å². The highest BCUT2D eigenvalue weighted by Crippen LogP contribution is 2.30. The average molecular weight is 590 g/mol. The first-order valence-corrected chi connectivity index (χ1v) is 15.5. The van der Waals surface area contributed by atoms with Gasteiger partial charge in [-0.3, -0.25) is 9.59 Å². The van der Waals surface area contributed by atoms with Gasteiger partial charge in [-0.1, -0.05) is 81.6 Å². The molecule has 7 heteroatoms. The van der Waals surface area contributed by atoms with Crippen LogP contribution in [-0.4, -0.2) is 46.5 Å². The molecule has 43 heavy (non-hydrogen) atoms. The minimum atomic E-state index is -1.00. The summed E-state index contributed by atoms with van der Waals surface area (Å²) < 4.78 is 5.56. The number of alkyl carbamates (subject to hydrolysis) is 1. The molecule has 0 radical (unpaired) electrons. The molecular formula is C36H51N3O4. The summed E-state index contributed by atoms with van der Waals surface area (Å²) in [5, 5.41) is 5.97. The Morgan fingerprint density at radius 3 is 2.12 bits per heavy atom. The van der Waals surface area contributed by atoms with E-state index in [0.717, 1.165) is 24.8 Å². The number of hydrogen-bond donors (Lipinski definition) is 2. The zero-order valence-electron chi connectivity index (χ0n) is 27.3. The van der Waals surface area contributed by atoms with Gasteiger partial charge in [-0.15, -0.1) is 6.42 Å². The Hall–Kier alpha value is -3.79. The van der Waals surface area contributed by atoms with Crippen molar-refractivity contribution in [3.8, 4) is 12.3 Å². The Morgan fingerprint density at radius 1 is 0.907 bits per heavy atom. The number of nitrogens with one attached hydrogen (secondary N) is 2. The molecule has 0 spiro atoms. The predicted molar refractivity (Wildman–Crippen MR) is 173 cm³/mol. The van der Waals surface area contributed by atoms with Crippen molar-refractivity contribution in [3.63, 3.8) is 0 Å². The third-order valence-electron chi connectivity index (χ3n) is 7.21. The predicted octanol–water partition coefficient (Wildman–Crippen LogP) is 6.80. The number of ether oxygens (including phenoxy) is 1. The number of amides is 3. The molecule has 0 aliphatic carbocycles. The van der Waals surface area contributed by atoms with Gasteiger partial charge in [0.15, 0.2) is 0 Å². The first kappa shape index (κ1) is 35.4. The molecule has 0 fully saturated rings. The minimum Gasteiger partial charge on any atom is -0.444 e. The molecule has 0 aromatic heterocycles.